The molecule has 19 heavy (non-hydrogen) atoms. The summed E-state index contributed by atoms with van der Waals surface area (Å²) >= 11 is 7.22. The van der Waals surface area contributed by atoms with Crippen LogP contribution in [-0.2, 0) is 0 Å². The van der Waals surface area contributed by atoms with E-state index < -0.39 is 0 Å². The van der Waals surface area contributed by atoms with E-state index in [1.165, 1.54) is 11.3 Å². The number of thiazole rings is 1. The maximum absolute atomic E-state index is 12.1. The lowest BCUT2D eigenvalue weighted by molar-refractivity contribution is 0.415. The predicted molar refractivity (Wildman–Crippen MR) is 75.0 cm³/mol. The van der Waals surface area contributed by atoms with Gasteiger partial charge in [0.2, 0.25) is 5.28 Å². The molecule has 1 N–H and O–H groups in total. The third-order valence-corrected chi connectivity index (χ3v) is 3.64. The fourth-order valence-electron chi connectivity index (χ4n) is 1.86. The number of benzene rings is 1. The second-order valence-electron chi connectivity index (χ2n) is 3.76. The van der Waals surface area contributed by atoms with Crippen molar-refractivity contribution in [2.45, 2.75) is 0 Å². The Morgan fingerprint density at radius 3 is 2.95 bits per heavy atom. The molecule has 1 aromatic carbocycles. The molecule has 96 valence electrons. The van der Waals surface area contributed by atoms with Crippen LogP contribution in [0, 0.1) is 0 Å². The Bertz CT molecular complexity index is 799. The van der Waals surface area contributed by atoms with E-state index in [9.17, 15) is 4.79 Å². The minimum absolute atomic E-state index is 0.0517. The molecule has 0 atom stereocenters. The van der Waals surface area contributed by atoms with Crippen LogP contribution in [0.25, 0.3) is 21.5 Å². The number of hydrogen-bond acceptors (Lipinski definition) is 5. The van der Waals surface area contributed by atoms with Crippen molar-refractivity contribution in [1.82, 2.24) is 15.0 Å². The average Bonchev–Trinajstić information content (AvgIpc) is 2.90. The molecule has 7 heteroatoms. The van der Waals surface area contributed by atoms with Crippen molar-refractivity contribution in [3.05, 3.63) is 39.3 Å². The molecule has 0 amide bonds. The van der Waals surface area contributed by atoms with Gasteiger partial charge in [0.25, 0.3) is 5.56 Å². The Labute approximate surface area is 116 Å². The molecule has 0 unspecified atom stereocenters. The monoisotopic (exact) mass is 293 g/mol. The van der Waals surface area contributed by atoms with Crippen LogP contribution < -0.4 is 10.3 Å². The number of H-pyrrole nitrogens is 1. The lowest BCUT2D eigenvalue weighted by Crippen LogP contribution is -2.09. The van der Waals surface area contributed by atoms with Gasteiger partial charge in [-0.3, -0.25) is 9.78 Å². The van der Waals surface area contributed by atoms with E-state index in [0.29, 0.717) is 22.2 Å². The average molecular weight is 294 g/mol. The summed E-state index contributed by atoms with van der Waals surface area (Å²) in [5, 5.41) is 3.09. The van der Waals surface area contributed by atoms with Crippen LogP contribution in [-0.4, -0.2) is 22.1 Å². The van der Waals surface area contributed by atoms with Crippen molar-refractivity contribution < 1.29 is 4.74 Å². The van der Waals surface area contributed by atoms with E-state index in [0.717, 1.165) is 5.01 Å². The summed E-state index contributed by atoms with van der Waals surface area (Å²) in [5.41, 5.74) is 0.885. The first-order chi connectivity index (χ1) is 9.19. The highest BCUT2D eigenvalue weighted by Gasteiger charge is 2.14. The zero-order valence-corrected chi connectivity index (χ0v) is 11.4. The summed E-state index contributed by atoms with van der Waals surface area (Å²) in [6, 6.07) is 3.44. The van der Waals surface area contributed by atoms with Crippen molar-refractivity contribution in [2.24, 2.45) is 0 Å². The van der Waals surface area contributed by atoms with Gasteiger partial charge < -0.3 is 4.74 Å². The molecule has 2 aromatic heterocycles. The van der Waals surface area contributed by atoms with Crippen molar-refractivity contribution in [3.63, 3.8) is 0 Å². The Morgan fingerprint density at radius 1 is 1.42 bits per heavy atom. The molecular formula is C12H8ClN3O2S. The number of methoxy groups -OCH3 is 1. The Morgan fingerprint density at radius 2 is 2.26 bits per heavy atom. The minimum atomic E-state index is -0.289. The topological polar surface area (TPSA) is 67.9 Å². The van der Waals surface area contributed by atoms with Gasteiger partial charge in [0.15, 0.2) is 0 Å². The molecule has 0 saturated carbocycles. The van der Waals surface area contributed by atoms with Crippen LogP contribution in [0.5, 0.6) is 5.75 Å². The standard InChI is InChI=1S/C12H8ClN3O2S/c1-18-6-4-7(11-14-2-3-19-11)9-8(5-6)15-12(13)16-10(9)17/h2-5H,1H3,(H,15,16,17). The van der Waals surface area contributed by atoms with Gasteiger partial charge in [0.05, 0.1) is 18.0 Å². The molecule has 3 aromatic rings. The third kappa shape index (κ3) is 2.09. The van der Waals surface area contributed by atoms with E-state index >= 15 is 0 Å². The largest absolute Gasteiger partial charge is 0.497 e. The lowest BCUT2D eigenvalue weighted by atomic mass is 10.1. The first-order valence-electron chi connectivity index (χ1n) is 5.36. The Kier molecular flexibility index (Phi) is 2.96. The molecule has 0 aliphatic carbocycles. The molecule has 2 heterocycles. The second-order valence-corrected chi connectivity index (χ2v) is 5.02. The summed E-state index contributed by atoms with van der Waals surface area (Å²) in [6.07, 6.45) is 1.68. The molecule has 5 nitrogen and oxygen atoms in total. The highest BCUT2D eigenvalue weighted by Crippen LogP contribution is 2.31. The number of nitrogens with one attached hydrogen (secondary N) is 1. The SMILES string of the molecule is COc1cc(-c2nccs2)c2c(=O)[nH]c(Cl)nc2c1. The molecular weight excluding hydrogens is 286 g/mol. The molecule has 0 fully saturated rings. The summed E-state index contributed by atoms with van der Waals surface area (Å²) in [6.45, 7) is 0. The number of rotatable bonds is 2. The number of fused-ring (bicyclic) bond motifs is 1. The van der Waals surface area contributed by atoms with Gasteiger partial charge in [-0.25, -0.2) is 9.97 Å². The van der Waals surface area contributed by atoms with Crippen molar-refractivity contribution in [1.29, 1.82) is 0 Å². The number of nitrogens with zero attached hydrogens (tertiary/aromatic N) is 2. The van der Waals surface area contributed by atoms with Gasteiger partial charge in [-0.1, -0.05) is 0 Å². The van der Waals surface area contributed by atoms with Crippen molar-refractivity contribution >= 4 is 33.8 Å². The van der Waals surface area contributed by atoms with Gasteiger partial charge in [-0.05, 0) is 17.7 Å². The molecule has 0 radical (unpaired) electrons. The molecule has 0 bridgehead atoms. The Hall–Kier alpha value is -1.92. The summed E-state index contributed by atoms with van der Waals surface area (Å²) < 4.78 is 5.22. The number of aromatic amines is 1. The van der Waals surface area contributed by atoms with Crippen LogP contribution in [0.3, 0.4) is 0 Å². The van der Waals surface area contributed by atoms with Crippen LogP contribution in [0.15, 0.2) is 28.5 Å². The maximum atomic E-state index is 12.1. The van der Waals surface area contributed by atoms with Crippen molar-refractivity contribution in [2.75, 3.05) is 7.11 Å². The fourth-order valence-corrected chi connectivity index (χ4v) is 2.70. The minimum Gasteiger partial charge on any atom is -0.497 e. The summed E-state index contributed by atoms with van der Waals surface area (Å²) in [4.78, 5) is 22.9. The quantitative estimate of drug-likeness (QED) is 0.738. The van der Waals surface area contributed by atoms with Gasteiger partial charge in [0, 0.05) is 23.2 Å². The van der Waals surface area contributed by atoms with E-state index in [2.05, 4.69) is 15.0 Å². The number of halogens is 1. The highest BCUT2D eigenvalue weighted by molar-refractivity contribution is 7.13. The first kappa shape index (κ1) is 12.1. The van der Waals surface area contributed by atoms with Gasteiger partial charge in [0.1, 0.15) is 10.8 Å². The number of aromatic nitrogens is 3. The van der Waals surface area contributed by atoms with E-state index in [-0.39, 0.29) is 10.8 Å². The van der Waals surface area contributed by atoms with E-state index in [4.69, 9.17) is 16.3 Å². The number of ether oxygens (including phenoxy) is 1. The molecule has 0 aliphatic heterocycles. The van der Waals surface area contributed by atoms with E-state index in [1.54, 1.807) is 25.4 Å². The molecule has 3 rings (SSSR count). The maximum Gasteiger partial charge on any atom is 0.260 e. The summed E-state index contributed by atoms with van der Waals surface area (Å²) in [7, 11) is 1.56. The van der Waals surface area contributed by atoms with Crippen LogP contribution >= 0.6 is 22.9 Å². The molecule has 0 spiro atoms. The fraction of sp³-hybridized carbons (Fsp3) is 0.0833. The molecule has 0 saturated heterocycles. The van der Waals surface area contributed by atoms with E-state index in [1.807, 2.05) is 5.38 Å². The van der Waals surface area contributed by atoms with Crippen LogP contribution in [0.4, 0.5) is 0 Å². The Balaban J connectivity index is 2.45. The predicted octanol–water partition coefficient (Wildman–Crippen LogP) is 2.71. The highest BCUT2D eigenvalue weighted by atomic mass is 35.5. The van der Waals surface area contributed by atoms with Gasteiger partial charge >= 0.3 is 0 Å². The van der Waals surface area contributed by atoms with Crippen LogP contribution in [0.1, 0.15) is 0 Å². The molecule has 0 aliphatic rings. The summed E-state index contributed by atoms with van der Waals surface area (Å²) in [5.74, 6) is 0.604. The smallest absolute Gasteiger partial charge is 0.260 e. The number of hydrogen-bond donors (Lipinski definition) is 1. The second kappa shape index (κ2) is 4.64. The van der Waals surface area contributed by atoms with Crippen LogP contribution in [0.2, 0.25) is 5.28 Å². The van der Waals surface area contributed by atoms with Gasteiger partial charge in [-0.15, -0.1) is 11.3 Å². The normalized spacial score (nSPS) is 10.8. The van der Waals surface area contributed by atoms with Gasteiger partial charge in [-0.2, -0.15) is 0 Å². The zero-order valence-electron chi connectivity index (χ0n) is 9.81. The van der Waals surface area contributed by atoms with Crippen molar-refractivity contribution in [3.8, 4) is 16.3 Å². The third-order valence-electron chi connectivity index (χ3n) is 2.65. The first-order valence-corrected chi connectivity index (χ1v) is 6.62. The zero-order chi connectivity index (χ0) is 13.4. The lowest BCUT2D eigenvalue weighted by Gasteiger charge is -2.06.